The molecule has 2 rings (SSSR count). The second-order valence-corrected chi connectivity index (χ2v) is 4.93. The van der Waals surface area contributed by atoms with Crippen LogP contribution in [0.1, 0.15) is 6.42 Å². The third kappa shape index (κ3) is 3.91. The predicted octanol–water partition coefficient (Wildman–Crippen LogP) is -0.625. The van der Waals surface area contributed by atoms with Crippen LogP contribution in [0.4, 0.5) is 0 Å². The van der Waals surface area contributed by atoms with Gasteiger partial charge >= 0.3 is 0 Å². The first-order valence-electron chi connectivity index (χ1n) is 6.97. The van der Waals surface area contributed by atoms with E-state index in [4.69, 9.17) is 5.11 Å². The smallest absolute Gasteiger partial charge is 0.250 e. The van der Waals surface area contributed by atoms with E-state index >= 15 is 0 Å². The Morgan fingerprint density at radius 3 is 2.55 bits per heavy atom. The predicted molar refractivity (Wildman–Crippen MR) is 75.4 cm³/mol. The summed E-state index contributed by atoms with van der Waals surface area (Å²) in [6.45, 7) is 4.25. The molecule has 1 saturated heterocycles. The summed E-state index contributed by atoms with van der Waals surface area (Å²) in [5.41, 5.74) is -0.0759. The maximum absolute atomic E-state index is 12.1. The third-order valence-corrected chi connectivity index (χ3v) is 3.61. The van der Waals surface area contributed by atoms with Crippen LogP contribution in [0.15, 0.2) is 29.2 Å². The molecule has 0 radical (unpaired) electrons. The zero-order valence-corrected chi connectivity index (χ0v) is 11.6. The van der Waals surface area contributed by atoms with Crippen LogP contribution < -0.4 is 5.56 Å². The van der Waals surface area contributed by atoms with Gasteiger partial charge in [-0.1, -0.05) is 6.07 Å². The van der Waals surface area contributed by atoms with Gasteiger partial charge in [0.25, 0.3) is 5.56 Å². The van der Waals surface area contributed by atoms with E-state index in [9.17, 15) is 9.59 Å². The Morgan fingerprint density at radius 1 is 1.15 bits per heavy atom. The van der Waals surface area contributed by atoms with E-state index in [0.717, 1.165) is 13.1 Å². The standard InChI is InChI=1S/C14H21N3O3/c18-12-11-15-7-9-17(10-8-15)14(20)4-6-16-5-2-1-3-13(16)19/h1-3,5,18H,4,6-12H2. The summed E-state index contributed by atoms with van der Waals surface area (Å²) < 4.78 is 1.56. The van der Waals surface area contributed by atoms with Gasteiger partial charge in [0, 0.05) is 58.0 Å². The van der Waals surface area contributed by atoms with Crippen LogP contribution in [0.25, 0.3) is 0 Å². The number of β-amino-alcohol motifs (C(OH)–C–C–N with tert-alkyl or cyclic N) is 1. The van der Waals surface area contributed by atoms with Crippen LogP contribution in [0.2, 0.25) is 0 Å². The molecule has 1 aliphatic heterocycles. The molecule has 1 aromatic rings. The molecule has 1 N–H and O–H groups in total. The van der Waals surface area contributed by atoms with Gasteiger partial charge in [-0.05, 0) is 6.07 Å². The molecule has 0 bridgehead atoms. The van der Waals surface area contributed by atoms with E-state index in [-0.39, 0.29) is 18.1 Å². The Balaban J connectivity index is 1.79. The van der Waals surface area contributed by atoms with Gasteiger partial charge in [-0.2, -0.15) is 0 Å². The Morgan fingerprint density at radius 2 is 1.90 bits per heavy atom. The SMILES string of the molecule is O=C(CCn1ccccc1=O)N1CCN(CCO)CC1. The molecule has 6 heteroatoms. The average Bonchev–Trinajstić information content (AvgIpc) is 2.47. The van der Waals surface area contributed by atoms with Gasteiger partial charge in [0.2, 0.25) is 5.91 Å². The van der Waals surface area contributed by atoms with Crippen LogP contribution in [0.5, 0.6) is 0 Å². The fourth-order valence-electron chi connectivity index (χ4n) is 2.38. The number of carbonyl (C=O) groups excluding carboxylic acids is 1. The van der Waals surface area contributed by atoms with Crippen molar-refractivity contribution in [2.45, 2.75) is 13.0 Å². The fourth-order valence-corrected chi connectivity index (χ4v) is 2.38. The number of hydrogen-bond donors (Lipinski definition) is 1. The van der Waals surface area contributed by atoms with E-state index in [0.29, 0.717) is 32.6 Å². The topological polar surface area (TPSA) is 65.8 Å². The molecule has 2 heterocycles. The van der Waals surface area contributed by atoms with Gasteiger partial charge in [0.05, 0.1) is 6.61 Å². The number of aliphatic hydroxyl groups is 1. The van der Waals surface area contributed by atoms with E-state index in [1.807, 2.05) is 4.90 Å². The van der Waals surface area contributed by atoms with Gasteiger partial charge in [-0.15, -0.1) is 0 Å². The lowest BCUT2D eigenvalue weighted by Gasteiger charge is -2.34. The molecule has 0 aliphatic carbocycles. The highest BCUT2D eigenvalue weighted by Crippen LogP contribution is 2.04. The molecule has 6 nitrogen and oxygen atoms in total. The monoisotopic (exact) mass is 279 g/mol. The average molecular weight is 279 g/mol. The van der Waals surface area contributed by atoms with Crippen molar-refractivity contribution in [1.29, 1.82) is 0 Å². The lowest BCUT2D eigenvalue weighted by Crippen LogP contribution is -2.49. The number of aliphatic hydroxyl groups excluding tert-OH is 1. The highest BCUT2D eigenvalue weighted by molar-refractivity contribution is 5.76. The minimum absolute atomic E-state index is 0.0759. The first kappa shape index (κ1) is 14.7. The van der Waals surface area contributed by atoms with E-state index in [2.05, 4.69) is 4.90 Å². The van der Waals surface area contributed by atoms with Crippen molar-refractivity contribution in [3.05, 3.63) is 34.7 Å². The molecule has 0 saturated carbocycles. The summed E-state index contributed by atoms with van der Waals surface area (Å²) in [5.74, 6) is 0.0874. The number of nitrogens with zero attached hydrogens (tertiary/aromatic N) is 3. The maximum atomic E-state index is 12.1. The van der Waals surface area contributed by atoms with E-state index < -0.39 is 0 Å². The Kier molecular flexibility index (Phi) is 5.31. The van der Waals surface area contributed by atoms with E-state index in [1.165, 1.54) is 6.07 Å². The normalized spacial score (nSPS) is 16.4. The summed E-state index contributed by atoms with van der Waals surface area (Å²) in [6.07, 6.45) is 2.05. The largest absolute Gasteiger partial charge is 0.395 e. The highest BCUT2D eigenvalue weighted by atomic mass is 16.3. The summed E-state index contributed by atoms with van der Waals surface area (Å²) in [6, 6.07) is 4.98. The summed E-state index contributed by atoms with van der Waals surface area (Å²) in [4.78, 5) is 27.6. The van der Waals surface area contributed by atoms with Crippen molar-refractivity contribution in [2.75, 3.05) is 39.3 Å². The first-order chi connectivity index (χ1) is 9.70. The van der Waals surface area contributed by atoms with Gasteiger partial charge in [0.15, 0.2) is 0 Å². The lowest BCUT2D eigenvalue weighted by atomic mass is 10.2. The maximum Gasteiger partial charge on any atom is 0.250 e. The number of aryl methyl sites for hydroxylation is 1. The number of aromatic nitrogens is 1. The minimum Gasteiger partial charge on any atom is -0.395 e. The van der Waals surface area contributed by atoms with Crippen molar-refractivity contribution in [1.82, 2.24) is 14.4 Å². The zero-order valence-electron chi connectivity index (χ0n) is 11.6. The molecule has 110 valence electrons. The molecule has 1 aliphatic rings. The number of piperazine rings is 1. The second-order valence-electron chi connectivity index (χ2n) is 4.93. The molecular formula is C14H21N3O3. The molecule has 1 fully saturated rings. The van der Waals surface area contributed by atoms with Crippen LogP contribution in [-0.2, 0) is 11.3 Å². The molecule has 20 heavy (non-hydrogen) atoms. The molecule has 0 atom stereocenters. The van der Waals surface area contributed by atoms with E-state index in [1.54, 1.807) is 22.9 Å². The van der Waals surface area contributed by atoms with Crippen LogP contribution in [-0.4, -0.2) is 64.7 Å². The molecule has 1 amide bonds. The van der Waals surface area contributed by atoms with Gasteiger partial charge in [-0.25, -0.2) is 0 Å². The number of hydrogen-bond acceptors (Lipinski definition) is 4. The summed E-state index contributed by atoms with van der Waals surface area (Å²) in [7, 11) is 0. The summed E-state index contributed by atoms with van der Waals surface area (Å²) in [5, 5.41) is 8.88. The first-order valence-corrected chi connectivity index (χ1v) is 6.97. The highest BCUT2D eigenvalue weighted by Gasteiger charge is 2.20. The number of carbonyl (C=O) groups is 1. The van der Waals surface area contributed by atoms with Crippen molar-refractivity contribution in [2.24, 2.45) is 0 Å². The van der Waals surface area contributed by atoms with Gasteiger partial charge in [0.1, 0.15) is 0 Å². The molecule has 0 unspecified atom stereocenters. The van der Waals surface area contributed by atoms with Gasteiger partial charge < -0.3 is 14.6 Å². The quantitative estimate of drug-likeness (QED) is 0.780. The van der Waals surface area contributed by atoms with Crippen molar-refractivity contribution in [3.63, 3.8) is 0 Å². The van der Waals surface area contributed by atoms with Crippen LogP contribution in [0, 0.1) is 0 Å². The molecular weight excluding hydrogens is 258 g/mol. The Hall–Kier alpha value is -1.66. The van der Waals surface area contributed by atoms with Crippen LogP contribution in [0.3, 0.4) is 0 Å². The van der Waals surface area contributed by atoms with Crippen molar-refractivity contribution in [3.8, 4) is 0 Å². The van der Waals surface area contributed by atoms with Crippen molar-refractivity contribution < 1.29 is 9.90 Å². The number of amides is 1. The minimum atomic E-state index is -0.0759. The zero-order chi connectivity index (χ0) is 14.4. The molecule has 1 aromatic heterocycles. The van der Waals surface area contributed by atoms with Gasteiger partial charge in [-0.3, -0.25) is 14.5 Å². The fraction of sp³-hybridized carbons (Fsp3) is 0.571. The number of rotatable bonds is 5. The lowest BCUT2D eigenvalue weighted by molar-refractivity contribution is -0.133. The molecule has 0 aromatic carbocycles. The Labute approximate surface area is 118 Å². The third-order valence-electron chi connectivity index (χ3n) is 3.61. The van der Waals surface area contributed by atoms with Crippen molar-refractivity contribution >= 4 is 5.91 Å². The second kappa shape index (κ2) is 7.21. The number of pyridine rings is 1. The summed E-state index contributed by atoms with van der Waals surface area (Å²) >= 11 is 0. The Bertz CT molecular complexity index is 492. The molecule has 0 spiro atoms. The van der Waals surface area contributed by atoms with Crippen LogP contribution >= 0.6 is 0 Å².